The summed E-state index contributed by atoms with van der Waals surface area (Å²) in [4.78, 5) is 31.5. The number of thiazole rings is 1. The zero-order valence-corrected chi connectivity index (χ0v) is 16.2. The third-order valence-corrected chi connectivity index (χ3v) is 5.02. The summed E-state index contributed by atoms with van der Waals surface area (Å²) in [5.41, 5.74) is 1.53. The highest BCUT2D eigenvalue weighted by Gasteiger charge is 2.21. The first-order valence-corrected chi connectivity index (χ1v) is 8.96. The van der Waals surface area contributed by atoms with Crippen molar-refractivity contribution < 1.29 is 9.59 Å². The first kappa shape index (κ1) is 19.4. The molecule has 0 saturated heterocycles. The summed E-state index contributed by atoms with van der Waals surface area (Å²) in [5.74, 6) is -0.419. The van der Waals surface area contributed by atoms with Gasteiger partial charge in [0.15, 0.2) is 5.13 Å². The molecule has 1 aromatic carbocycles. The third kappa shape index (κ3) is 5.52. The fraction of sp³-hybridized carbons (Fsp3) is 0.353. The number of amides is 2. The Labute approximate surface area is 156 Å². The van der Waals surface area contributed by atoms with Crippen LogP contribution in [0.3, 0.4) is 0 Å². The first-order chi connectivity index (χ1) is 11.8. The van der Waals surface area contributed by atoms with Gasteiger partial charge in [-0.25, -0.2) is 4.98 Å². The van der Waals surface area contributed by atoms with E-state index in [1.807, 2.05) is 13.8 Å². The molecule has 0 bridgehead atoms. The second-order valence-electron chi connectivity index (χ2n) is 5.80. The van der Waals surface area contributed by atoms with Gasteiger partial charge in [0.1, 0.15) is 0 Å². The van der Waals surface area contributed by atoms with E-state index in [1.165, 1.54) is 11.3 Å². The lowest BCUT2D eigenvalue weighted by Crippen LogP contribution is -2.43. The van der Waals surface area contributed by atoms with Gasteiger partial charge in [-0.05, 0) is 46.0 Å². The molecule has 2 amide bonds. The molecule has 0 fully saturated rings. The lowest BCUT2D eigenvalue weighted by atomic mass is 10.2. The zero-order valence-electron chi connectivity index (χ0n) is 14.6. The maximum absolute atomic E-state index is 12.3. The van der Waals surface area contributed by atoms with Gasteiger partial charge in [0.2, 0.25) is 11.8 Å². The van der Waals surface area contributed by atoms with Crippen molar-refractivity contribution in [1.82, 2.24) is 9.88 Å². The zero-order chi connectivity index (χ0) is 18.6. The van der Waals surface area contributed by atoms with Crippen molar-refractivity contribution in [3.8, 4) is 0 Å². The molecule has 1 atom stereocenters. The van der Waals surface area contributed by atoms with E-state index in [-0.39, 0.29) is 18.4 Å². The molecule has 6 nitrogen and oxygen atoms in total. The number of carbonyl (C=O) groups is 2. The molecule has 0 aliphatic rings. The number of rotatable bonds is 6. The van der Waals surface area contributed by atoms with Crippen LogP contribution in [0.2, 0.25) is 5.02 Å². The molecule has 2 aromatic rings. The van der Waals surface area contributed by atoms with Crippen LogP contribution in [0.1, 0.15) is 17.5 Å². The van der Waals surface area contributed by atoms with Gasteiger partial charge in [-0.3, -0.25) is 14.5 Å². The number of aromatic nitrogens is 1. The molecule has 0 aliphatic heterocycles. The van der Waals surface area contributed by atoms with Crippen molar-refractivity contribution in [3.05, 3.63) is 39.9 Å². The Morgan fingerprint density at radius 3 is 2.64 bits per heavy atom. The Morgan fingerprint density at radius 1 is 1.32 bits per heavy atom. The van der Waals surface area contributed by atoms with E-state index in [4.69, 9.17) is 11.6 Å². The average Bonchev–Trinajstić information content (AvgIpc) is 2.84. The number of likely N-dealkylation sites (N-methyl/N-ethyl adjacent to an activating group) is 1. The highest BCUT2D eigenvalue weighted by molar-refractivity contribution is 7.15. The molecule has 1 heterocycles. The maximum atomic E-state index is 12.3. The summed E-state index contributed by atoms with van der Waals surface area (Å²) in [7, 11) is 1.72. The van der Waals surface area contributed by atoms with E-state index in [1.54, 1.807) is 43.1 Å². The SMILES string of the molecule is Cc1nc(NC(=O)C(C)N(C)CC(=O)Nc2cccc(Cl)c2)sc1C. The Kier molecular flexibility index (Phi) is 6.52. The molecule has 0 saturated carbocycles. The van der Waals surface area contributed by atoms with Gasteiger partial charge in [-0.1, -0.05) is 17.7 Å². The number of halogens is 1. The summed E-state index contributed by atoms with van der Waals surface area (Å²) in [6, 6.07) is 6.44. The van der Waals surface area contributed by atoms with Gasteiger partial charge < -0.3 is 10.6 Å². The van der Waals surface area contributed by atoms with Crippen LogP contribution in [-0.2, 0) is 9.59 Å². The van der Waals surface area contributed by atoms with Crippen LogP contribution >= 0.6 is 22.9 Å². The minimum Gasteiger partial charge on any atom is -0.325 e. The number of aryl methyl sites for hydroxylation is 2. The molecule has 0 aliphatic carbocycles. The number of benzene rings is 1. The topological polar surface area (TPSA) is 74.3 Å². The van der Waals surface area contributed by atoms with Gasteiger partial charge >= 0.3 is 0 Å². The van der Waals surface area contributed by atoms with E-state index < -0.39 is 6.04 Å². The predicted octanol–water partition coefficient (Wildman–Crippen LogP) is 3.31. The smallest absolute Gasteiger partial charge is 0.243 e. The summed E-state index contributed by atoms with van der Waals surface area (Å²) >= 11 is 7.33. The van der Waals surface area contributed by atoms with Crippen LogP contribution in [0.15, 0.2) is 24.3 Å². The van der Waals surface area contributed by atoms with Gasteiger partial charge in [0, 0.05) is 15.6 Å². The summed E-state index contributed by atoms with van der Waals surface area (Å²) in [6.07, 6.45) is 0. The molecule has 25 heavy (non-hydrogen) atoms. The van der Waals surface area contributed by atoms with Crippen LogP contribution in [0, 0.1) is 13.8 Å². The van der Waals surface area contributed by atoms with Gasteiger partial charge in [-0.2, -0.15) is 0 Å². The molecular formula is C17H21ClN4O2S. The standard InChI is InChI=1S/C17H21ClN4O2S/c1-10-12(3)25-17(19-10)21-16(24)11(2)22(4)9-15(23)20-14-7-5-6-13(18)8-14/h5-8,11H,9H2,1-4H3,(H,20,23)(H,19,21,24). The summed E-state index contributed by atoms with van der Waals surface area (Å²) < 4.78 is 0. The lowest BCUT2D eigenvalue weighted by Gasteiger charge is -2.22. The highest BCUT2D eigenvalue weighted by Crippen LogP contribution is 2.21. The number of carbonyl (C=O) groups excluding carboxylic acids is 2. The maximum Gasteiger partial charge on any atom is 0.243 e. The Balaban J connectivity index is 1.89. The van der Waals surface area contributed by atoms with Crippen LogP contribution in [-0.4, -0.2) is 41.3 Å². The number of nitrogens with one attached hydrogen (secondary N) is 2. The van der Waals surface area contributed by atoms with E-state index >= 15 is 0 Å². The van der Waals surface area contributed by atoms with Gasteiger partial charge in [0.05, 0.1) is 18.3 Å². The van der Waals surface area contributed by atoms with Crippen LogP contribution in [0.5, 0.6) is 0 Å². The van der Waals surface area contributed by atoms with Crippen molar-refractivity contribution in [1.29, 1.82) is 0 Å². The first-order valence-electron chi connectivity index (χ1n) is 7.77. The van der Waals surface area contributed by atoms with E-state index in [9.17, 15) is 9.59 Å². The largest absolute Gasteiger partial charge is 0.325 e. The monoisotopic (exact) mass is 380 g/mol. The quantitative estimate of drug-likeness (QED) is 0.806. The molecule has 1 unspecified atom stereocenters. The predicted molar refractivity (Wildman–Crippen MR) is 102 cm³/mol. The van der Waals surface area contributed by atoms with Crippen LogP contribution in [0.25, 0.3) is 0 Å². The minimum absolute atomic E-state index is 0.0804. The summed E-state index contributed by atoms with van der Waals surface area (Å²) in [6.45, 7) is 5.68. The van der Waals surface area contributed by atoms with E-state index in [2.05, 4.69) is 15.6 Å². The van der Waals surface area contributed by atoms with Crippen LogP contribution in [0.4, 0.5) is 10.8 Å². The Morgan fingerprint density at radius 2 is 2.04 bits per heavy atom. The van der Waals surface area contributed by atoms with Crippen LogP contribution < -0.4 is 10.6 Å². The second kappa shape index (κ2) is 8.42. The van der Waals surface area contributed by atoms with Gasteiger partial charge in [-0.15, -0.1) is 11.3 Å². The molecule has 0 spiro atoms. The van der Waals surface area contributed by atoms with Crippen molar-refractivity contribution in [2.75, 3.05) is 24.2 Å². The fourth-order valence-corrected chi connectivity index (χ4v) is 3.07. The Hall–Kier alpha value is -1.96. The normalized spacial score (nSPS) is 12.1. The number of hydrogen-bond acceptors (Lipinski definition) is 5. The molecule has 2 N–H and O–H groups in total. The molecule has 8 heteroatoms. The van der Waals surface area contributed by atoms with Crippen molar-refractivity contribution in [3.63, 3.8) is 0 Å². The third-order valence-electron chi connectivity index (χ3n) is 3.80. The lowest BCUT2D eigenvalue weighted by molar-refractivity contribution is -0.122. The fourth-order valence-electron chi connectivity index (χ4n) is 2.07. The average molecular weight is 381 g/mol. The number of nitrogens with zero attached hydrogens (tertiary/aromatic N) is 2. The van der Waals surface area contributed by atoms with E-state index in [0.29, 0.717) is 15.8 Å². The molecule has 1 aromatic heterocycles. The number of anilines is 2. The molecule has 0 radical (unpaired) electrons. The summed E-state index contributed by atoms with van der Waals surface area (Å²) in [5, 5.41) is 6.68. The molecular weight excluding hydrogens is 360 g/mol. The van der Waals surface area contributed by atoms with Crippen molar-refractivity contribution in [2.45, 2.75) is 26.8 Å². The highest BCUT2D eigenvalue weighted by atomic mass is 35.5. The van der Waals surface area contributed by atoms with Crippen molar-refractivity contribution in [2.24, 2.45) is 0 Å². The minimum atomic E-state index is -0.477. The van der Waals surface area contributed by atoms with Gasteiger partial charge in [0.25, 0.3) is 0 Å². The van der Waals surface area contributed by atoms with E-state index in [0.717, 1.165) is 10.6 Å². The Bertz CT molecular complexity index is 758. The number of hydrogen-bond donors (Lipinski definition) is 2. The van der Waals surface area contributed by atoms with Crippen molar-refractivity contribution >= 4 is 45.6 Å². The molecule has 134 valence electrons. The molecule has 2 rings (SSSR count). The second-order valence-corrected chi connectivity index (χ2v) is 7.44.